The van der Waals surface area contributed by atoms with Gasteiger partial charge in [-0.3, -0.25) is 4.98 Å². The van der Waals surface area contributed by atoms with E-state index < -0.39 is 15.4 Å². The summed E-state index contributed by atoms with van der Waals surface area (Å²) in [4.78, 5) is 20.4. The molecule has 0 bridgehead atoms. The number of carbonyl (C=O) groups is 1. The predicted molar refractivity (Wildman–Crippen MR) is 88.2 cm³/mol. The van der Waals surface area contributed by atoms with Crippen LogP contribution in [0.5, 0.6) is 0 Å². The maximum absolute atomic E-state index is 12.4. The molecule has 23 heavy (non-hydrogen) atoms. The van der Waals surface area contributed by atoms with Crippen LogP contribution < -0.4 is 10.2 Å². The van der Waals surface area contributed by atoms with E-state index in [1.807, 2.05) is 19.1 Å². The minimum absolute atomic E-state index is 0.0305. The molecule has 7 nitrogen and oxygen atoms in total. The van der Waals surface area contributed by atoms with Gasteiger partial charge in [-0.05, 0) is 25.5 Å². The fourth-order valence-electron chi connectivity index (χ4n) is 3.17. The number of nitrogens with one attached hydrogen (secondary N) is 1. The van der Waals surface area contributed by atoms with Gasteiger partial charge in [0.15, 0.2) is 9.84 Å². The average molecular weight is 338 g/mol. The number of rotatable bonds is 2. The van der Waals surface area contributed by atoms with Crippen LogP contribution in [0.3, 0.4) is 0 Å². The first-order valence-electron chi connectivity index (χ1n) is 7.79. The highest BCUT2D eigenvalue weighted by Crippen LogP contribution is 2.23. The molecule has 2 saturated heterocycles. The highest BCUT2D eigenvalue weighted by Gasteiger charge is 2.40. The standard InChI is InChI=1S/C15H22N4O3S/c1-15(4-11-23(21,22)12-15)17-14(20)19-9-7-18(8-10-19)13-2-5-16-6-3-13/h2-3,5-6H,4,7-12H2,1H3,(H,17,20)/t15-/m0/s1. The first kappa shape index (κ1) is 16.0. The Morgan fingerprint density at radius 3 is 2.43 bits per heavy atom. The molecule has 3 heterocycles. The SMILES string of the molecule is C[C@]1(NC(=O)N2CCN(c3ccncc3)CC2)CCS(=O)(=O)C1. The molecule has 2 aliphatic rings. The number of hydrogen-bond acceptors (Lipinski definition) is 5. The zero-order chi connectivity index (χ0) is 16.5. The Morgan fingerprint density at radius 2 is 1.87 bits per heavy atom. The number of aromatic nitrogens is 1. The molecular weight excluding hydrogens is 316 g/mol. The lowest BCUT2D eigenvalue weighted by atomic mass is 10.0. The molecule has 1 aromatic rings. The average Bonchev–Trinajstić information content (AvgIpc) is 2.81. The van der Waals surface area contributed by atoms with Crippen LogP contribution in [0.4, 0.5) is 10.5 Å². The highest BCUT2D eigenvalue weighted by atomic mass is 32.2. The van der Waals surface area contributed by atoms with E-state index in [0.29, 0.717) is 19.5 Å². The van der Waals surface area contributed by atoms with Crippen molar-refractivity contribution >= 4 is 21.6 Å². The third-order valence-corrected chi connectivity index (χ3v) is 6.41. The van der Waals surface area contributed by atoms with Gasteiger partial charge in [0.1, 0.15) is 0 Å². The Labute approximate surface area is 136 Å². The van der Waals surface area contributed by atoms with Crippen LogP contribution in [0, 0.1) is 0 Å². The normalized spacial score (nSPS) is 27.0. The lowest BCUT2D eigenvalue weighted by Gasteiger charge is -2.37. The number of carbonyl (C=O) groups excluding carboxylic acids is 1. The second-order valence-electron chi connectivity index (χ2n) is 6.51. The molecule has 1 N–H and O–H groups in total. The summed E-state index contributed by atoms with van der Waals surface area (Å²) < 4.78 is 23.3. The Bertz CT molecular complexity index is 671. The van der Waals surface area contributed by atoms with Crippen molar-refractivity contribution in [2.75, 3.05) is 42.6 Å². The number of anilines is 1. The van der Waals surface area contributed by atoms with Crippen LogP contribution in [0.2, 0.25) is 0 Å². The molecule has 3 rings (SSSR count). The van der Waals surface area contributed by atoms with Crippen LogP contribution in [0.15, 0.2) is 24.5 Å². The zero-order valence-electron chi connectivity index (χ0n) is 13.2. The van der Waals surface area contributed by atoms with Gasteiger partial charge in [-0.15, -0.1) is 0 Å². The van der Waals surface area contributed by atoms with Crippen molar-refractivity contribution in [3.8, 4) is 0 Å². The van der Waals surface area contributed by atoms with E-state index in [1.54, 1.807) is 17.3 Å². The predicted octanol–water partition coefficient (Wildman–Crippen LogP) is 0.490. The fourth-order valence-corrected chi connectivity index (χ4v) is 5.26. The molecule has 0 unspecified atom stereocenters. The maximum Gasteiger partial charge on any atom is 0.317 e. The van der Waals surface area contributed by atoms with Crippen LogP contribution in [-0.2, 0) is 9.84 Å². The van der Waals surface area contributed by atoms with Crippen LogP contribution in [-0.4, -0.2) is 67.6 Å². The lowest BCUT2D eigenvalue weighted by molar-refractivity contribution is 0.184. The number of sulfone groups is 1. The molecular formula is C15H22N4O3S. The molecule has 0 saturated carbocycles. The maximum atomic E-state index is 12.4. The second kappa shape index (κ2) is 5.99. The fraction of sp³-hybridized carbons (Fsp3) is 0.600. The van der Waals surface area contributed by atoms with Crippen molar-refractivity contribution in [2.45, 2.75) is 18.9 Å². The van der Waals surface area contributed by atoms with Gasteiger partial charge in [-0.2, -0.15) is 0 Å². The van der Waals surface area contributed by atoms with Gasteiger partial charge in [0.2, 0.25) is 0 Å². The molecule has 126 valence electrons. The summed E-state index contributed by atoms with van der Waals surface area (Å²) in [5.74, 6) is 0.183. The van der Waals surface area contributed by atoms with Gasteiger partial charge in [0, 0.05) is 44.3 Å². The summed E-state index contributed by atoms with van der Waals surface area (Å²) in [6.07, 6.45) is 4.00. The molecule has 8 heteroatoms. The molecule has 0 aromatic carbocycles. The zero-order valence-corrected chi connectivity index (χ0v) is 14.1. The molecule has 1 atom stereocenters. The first-order valence-corrected chi connectivity index (χ1v) is 9.62. The Hall–Kier alpha value is -1.83. The van der Waals surface area contributed by atoms with E-state index in [-0.39, 0.29) is 17.5 Å². The third-order valence-electron chi connectivity index (χ3n) is 4.51. The second-order valence-corrected chi connectivity index (χ2v) is 8.70. The first-order chi connectivity index (χ1) is 10.9. The number of pyridine rings is 1. The minimum Gasteiger partial charge on any atom is -0.368 e. The summed E-state index contributed by atoms with van der Waals surface area (Å²) in [7, 11) is -3.02. The molecule has 0 aliphatic carbocycles. The summed E-state index contributed by atoms with van der Waals surface area (Å²) in [6.45, 7) is 4.57. The number of amides is 2. The van der Waals surface area contributed by atoms with Gasteiger partial charge in [-0.1, -0.05) is 0 Å². The summed E-state index contributed by atoms with van der Waals surface area (Å²) in [5, 5.41) is 2.91. The molecule has 0 radical (unpaired) electrons. The van der Waals surface area contributed by atoms with Crippen molar-refractivity contribution in [2.24, 2.45) is 0 Å². The molecule has 0 spiro atoms. The topological polar surface area (TPSA) is 82.6 Å². The number of hydrogen-bond donors (Lipinski definition) is 1. The van der Waals surface area contributed by atoms with E-state index in [9.17, 15) is 13.2 Å². The minimum atomic E-state index is -3.02. The molecule has 1 aromatic heterocycles. The molecule has 2 amide bonds. The third kappa shape index (κ3) is 3.74. The van der Waals surface area contributed by atoms with Gasteiger partial charge >= 0.3 is 6.03 Å². The lowest BCUT2D eigenvalue weighted by Crippen LogP contribution is -2.57. The number of nitrogens with zero attached hydrogens (tertiary/aromatic N) is 3. The molecule has 2 aliphatic heterocycles. The largest absolute Gasteiger partial charge is 0.368 e. The Morgan fingerprint density at radius 1 is 1.22 bits per heavy atom. The van der Waals surface area contributed by atoms with Crippen LogP contribution in [0.25, 0.3) is 0 Å². The van der Waals surface area contributed by atoms with E-state index in [4.69, 9.17) is 0 Å². The van der Waals surface area contributed by atoms with Gasteiger partial charge in [0.25, 0.3) is 0 Å². The van der Waals surface area contributed by atoms with Gasteiger partial charge in [0.05, 0.1) is 17.0 Å². The highest BCUT2D eigenvalue weighted by molar-refractivity contribution is 7.91. The van der Waals surface area contributed by atoms with Gasteiger partial charge in [-0.25, -0.2) is 13.2 Å². The Balaban J connectivity index is 1.55. The van der Waals surface area contributed by atoms with E-state index in [0.717, 1.165) is 18.8 Å². The smallest absolute Gasteiger partial charge is 0.317 e. The number of urea groups is 1. The number of piperazine rings is 1. The van der Waals surface area contributed by atoms with Crippen molar-refractivity contribution in [1.82, 2.24) is 15.2 Å². The van der Waals surface area contributed by atoms with Crippen LogP contribution >= 0.6 is 0 Å². The van der Waals surface area contributed by atoms with Crippen LogP contribution in [0.1, 0.15) is 13.3 Å². The Kier molecular flexibility index (Phi) is 4.18. The summed E-state index contributed by atoms with van der Waals surface area (Å²) in [5.41, 5.74) is 0.465. The van der Waals surface area contributed by atoms with E-state index in [1.165, 1.54) is 0 Å². The van der Waals surface area contributed by atoms with Crippen molar-refractivity contribution in [1.29, 1.82) is 0 Å². The van der Waals surface area contributed by atoms with E-state index in [2.05, 4.69) is 15.2 Å². The van der Waals surface area contributed by atoms with Gasteiger partial charge < -0.3 is 15.1 Å². The van der Waals surface area contributed by atoms with Crippen molar-refractivity contribution in [3.63, 3.8) is 0 Å². The quantitative estimate of drug-likeness (QED) is 0.849. The summed E-state index contributed by atoms with van der Waals surface area (Å²) in [6, 6.07) is 3.75. The van der Waals surface area contributed by atoms with Crippen molar-refractivity contribution < 1.29 is 13.2 Å². The van der Waals surface area contributed by atoms with E-state index >= 15 is 0 Å². The molecule has 2 fully saturated rings. The van der Waals surface area contributed by atoms with Crippen molar-refractivity contribution in [3.05, 3.63) is 24.5 Å². The monoisotopic (exact) mass is 338 g/mol. The summed E-state index contributed by atoms with van der Waals surface area (Å²) >= 11 is 0.